The molecule has 1 aliphatic heterocycles. The van der Waals surface area contributed by atoms with E-state index < -0.39 is 0 Å². The third kappa shape index (κ3) is 2.55. The Kier molecular flexibility index (Phi) is 3.98. The van der Waals surface area contributed by atoms with E-state index in [-0.39, 0.29) is 11.9 Å². The first-order valence-corrected chi connectivity index (χ1v) is 8.39. The molecule has 0 radical (unpaired) electrons. The molecule has 1 fully saturated rings. The highest BCUT2D eigenvalue weighted by molar-refractivity contribution is 7.13. The van der Waals surface area contributed by atoms with Crippen LogP contribution in [-0.2, 0) is 0 Å². The van der Waals surface area contributed by atoms with E-state index in [0.717, 1.165) is 35.9 Å². The Labute approximate surface area is 125 Å². The van der Waals surface area contributed by atoms with E-state index in [1.54, 1.807) is 17.5 Å². The number of likely N-dealkylation sites (tertiary alicyclic amines) is 1. The molecule has 0 saturated carbocycles. The highest BCUT2D eigenvalue weighted by Gasteiger charge is 2.31. The second kappa shape index (κ2) is 5.88. The number of carbonyl (C=O) groups excluding carboxylic acids is 1. The largest absolute Gasteiger partial charge is 0.365 e. The summed E-state index contributed by atoms with van der Waals surface area (Å²) in [5, 5.41) is 8.56. The molecule has 20 heavy (non-hydrogen) atoms. The minimum atomic E-state index is 0.0163. The highest BCUT2D eigenvalue weighted by Crippen LogP contribution is 2.33. The minimum Gasteiger partial charge on any atom is -0.365 e. The number of anilines is 1. The fraction of sp³-hybridized carbons (Fsp3) is 0.462. The maximum absolute atomic E-state index is 12.7. The second-order valence-corrected chi connectivity index (χ2v) is 6.45. The lowest BCUT2D eigenvalue weighted by Crippen LogP contribution is -2.38. The maximum Gasteiger partial charge on any atom is 0.274 e. The molecule has 0 aromatic carbocycles. The SMILES string of the molecule is CNc1nc(C(=O)N2CCCC[C@@H]2c2nccs2)cs1. The quantitative estimate of drug-likeness (QED) is 0.947. The van der Waals surface area contributed by atoms with Crippen molar-refractivity contribution in [2.75, 3.05) is 18.9 Å². The highest BCUT2D eigenvalue weighted by atomic mass is 32.1. The van der Waals surface area contributed by atoms with Crippen LogP contribution in [-0.4, -0.2) is 34.4 Å². The fourth-order valence-corrected chi connectivity index (χ4v) is 3.90. The summed E-state index contributed by atoms with van der Waals surface area (Å²) in [6.07, 6.45) is 4.99. The van der Waals surface area contributed by atoms with Crippen molar-refractivity contribution < 1.29 is 4.79 Å². The summed E-state index contributed by atoms with van der Waals surface area (Å²) in [6, 6.07) is 0.107. The summed E-state index contributed by atoms with van der Waals surface area (Å²) >= 11 is 3.08. The first kappa shape index (κ1) is 13.5. The van der Waals surface area contributed by atoms with E-state index in [1.165, 1.54) is 11.3 Å². The number of nitrogens with zero attached hydrogens (tertiary/aromatic N) is 3. The molecule has 106 valence electrons. The van der Waals surface area contributed by atoms with Gasteiger partial charge in [-0.05, 0) is 19.3 Å². The summed E-state index contributed by atoms with van der Waals surface area (Å²) in [7, 11) is 1.81. The zero-order valence-electron chi connectivity index (χ0n) is 11.2. The zero-order valence-corrected chi connectivity index (χ0v) is 12.8. The normalized spacial score (nSPS) is 19.1. The van der Waals surface area contributed by atoms with Gasteiger partial charge in [-0.25, -0.2) is 9.97 Å². The van der Waals surface area contributed by atoms with Crippen LogP contribution in [0.15, 0.2) is 17.0 Å². The van der Waals surface area contributed by atoms with Gasteiger partial charge in [-0.2, -0.15) is 0 Å². The molecule has 1 N–H and O–H groups in total. The number of carbonyl (C=O) groups is 1. The monoisotopic (exact) mass is 308 g/mol. The van der Waals surface area contributed by atoms with Gasteiger partial charge in [-0.1, -0.05) is 0 Å². The van der Waals surface area contributed by atoms with E-state index in [9.17, 15) is 4.79 Å². The molecule has 1 atom stereocenters. The van der Waals surface area contributed by atoms with Gasteiger partial charge in [0, 0.05) is 30.5 Å². The van der Waals surface area contributed by atoms with Crippen LogP contribution < -0.4 is 5.32 Å². The Balaban J connectivity index is 1.84. The van der Waals surface area contributed by atoms with Crippen LogP contribution in [0.25, 0.3) is 0 Å². The van der Waals surface area contributed by atoms with Crippen molar-refractivity contribution in [1.82, 2.24) is 14.9 Å². The fourth-order valence-electron chi connectivity index (χ4n) is 2.46. The lowest BCUT2D eigenvalue weighted by Gasteiger charge is -2.34. The van der Waals surface area contributed by atoms with Crippen LogP contribution in [0.4, 0.5) is 5.13 Å². The summed E-state index contributed by atoms with van der Waals surface area (Å²) in [6.45, 7) is 0.787. The van der Waals surface area contributed by atoms with E-state index in [4.69, 9.17) is 0 Å². The van der Waals surface area contributed by atoms with Crippen LogP contribution in [0.3, 0.4) is 0 Å². The number of hydrogen-bond donors (Lipinski definition) is 1. The molecule has 1 saturated heterocycles. The van der Waals surface area contributed by atoms with Crippen molar-refractivity contribution in [3.63, 3.8) is 0 Å². The molecule has 5 nitrogen and oxygen atoms in total. The topological polar surface area (TPSA) is 58.1 Å². The number of thiazole rings is 2. The molecule has 0 unspecified atom stereocenters. The van der Waals surface area contributed by atoms with E-state index in [2.05, 4.69) is 15.3 Å². The Morgan fingerprint density at radius 3 is 3.05 bits per heavy atom. The average Bonchev–Trinajstić information content (AvgIpc) is 3.17. The number of rotatable bonds is 3. The molecule has 1 amide bonds. The lowest BCUT2D eigenvalue weighted by atomic mass is 10.0. The Hall–Kier alpha value is -1.47. The van der Waals surface area contributed by atoms with Crippen molar-refractivity contribution in [3.05, 3.63) is 27.7 Å². The molecule has 3 rings (SSSR count). The van der Waals surface area contributed by atoms with Gasteiger partial charge in [-0.3, -0.25) is 4.79 Å². The van der Waals surface area contributed by atoms with Crippen molar-refractivity contribution in [3.8, 4) is 0 Å². The first-order valence-electron chi connectivity index (χ1n) is 6.63. The number of amides is 1. The molecule has 1 aliphatic rings. The van der Waals surface area contributed by atoms with Gasteiger partial charge in [0.2, 0.25) is 0 Å². The summed E-state index contributed by atoms with van der Waals surface area (Å²) in [5.74, 6) is 0.0163. The van der Waals surface area contributed by atoms with Crippen molar-refractivity contribution in [2.45, 2.75) is 25.3 Å². The third-order valence-electron chi connectivity index (χ3n) is 3.44. The van der Waals surface area contributed by atoms with Crippen LogP contribution in [0, 0.1) is 0 Å². The number of piperidine rings is 1. The lowest BCUT2D eigenvalue weighted by molar-refractivity contribution is 0.0606. The molecule has 0 spiro atoms. The molecule has 2 aromatic heterocycles. The molecule has 3 heterocycles. The van der Waals surface area contributed by atoms with Crippen molar-refractivity contribution in [1.29, 1.82) is 0 Å². The Morgan fingerprint density at radius 2 is 2.35 bits per heavy atom. The van der Waals surface area contributed by atoms with Gasteiger partial charge in [0.15, 0.2) is 5.13 Å². The second-order valence-electron chi connectivity index (χ2n) is 4.67. The van der Waals surface area contributed by atoms with Gasteiger partial charge in [0.1, 0.15) is 10.7 Å². The molecular formula is C13H16N4OS2. The van der Waals surface area contributed by atoms with Crippen LogP contribution in [0.2, 0.25) is 0 Å². The maximum atomic E-state index is 12.7. The van der Waals surface area contributed by atoms with Gasteiger partial charge < -0.3 is 10.2 Å². The summed E-state index contributed by atoms with van der Waals surface area (Å²) < 4.78 is 0. The van der Waals surface area contributed by atoms with Crippen LogP contribution in [0.1, 0.15) is 40.8 Å². The van der Waals surface area contributed by atoms with Crippen molar-refractivity contribution >= 4 is 33.7 Å². The summed E-state index contributed by atoms with van der Waals surface area (Å²) in [5.41, 5.74) is 0.530. The first-order chi connectivity index (χ1) is 9.79. The molecule has 0 bridgehead atoms. The van der Waals surface area contributed by atoms with Crippen LogP contribution in [0.5, 0.6) is 0 Å². The Morgan fingerprint density at radius 1 is 1.45 bits per heavy atom. The standard InChI is InChI=1S/C13H16N4OS2/c1-14-13-16-9(8-20-13)12(18)17-6-3-2-4-10(17)11-15-5-7-19-11/h5,7-8,10H,2-4,6H2,1H3,(H,14,16)/t10-/m1/s1. The number of aromatic nitrogens is 2. The van der Waals surface area contributed by atoms with E-state index >= 15 is 0 Å². The van der Waals surface area contributed by atoms with Gasteiger partial charge in [0.25, 0.3) is 5.91 Å². The Bertz CT molecular complexity index is 581. The molecular weight excluding hydrogens is 292 g/mol. The molecule has 0 aliphatic carbocycles. The summed E-state index contributed by atoms with van der Waals surface area (Å²) in [4.78, 5) is 23.3. The smallest absolute Gasteiger partial charge is 0.274 e. The average molecular weight is 308 g/mol. The minimum absolute atomic E-state index is 0.0163. The predicted octanol–water partition coefficient (Wildman–Crippen LogP) is 3.01. The zero-order chi connectivity index (χ0) is 13.9. The van der Waals surface area contributed by atoms with Gasteiger partial charge >= 0.3 is 0 Å². The number of hydrogen-bond acceptors (Lipinski definition) is 6. The predicted molar refractivity (Wildman–Crippen MR) is 81.4 cm³/mol. The van der Waals surface area contributed by atoms with Crippen molar-refractivity contribution in [2.24, 2.45) is 0 Å². The van der Waals surface area contributed by atoms with Gasteiger partial charge in [-0.15, -0.1) is 22.7 Å². The third-order valence-corrected chi connectivity index (χ3v) is 5.17. The van der Waals surface area contributed by atoms with E-state index in [1.807, 2.05) is 22.7 Å². The van der Waals surface area contributed by atoms with Crippen LogP contribution >= 0.6 is 22.7 Å². The van der Waals surface area contributed by atoms with Gasteiger partial charge in [0.05, 0.1) is 6.04 Å². The molecule has 7 heteroatoms. The molecule has 2 aromatic rings. The van der Waals surface area contributed by atoms with E-state index in [0.29, 0.717) is 5.69 Å². The number of nitrogens with one attached hydrogen (secondary N) is 1.